The van der Waals surface area contributed by atoms with Crippen LogP contribution in [0.3, 0.4) is 0 Å². The summed E-state index contributed by atoms with van der Waals surface area (Å²) in [4.78, 5) is 20.5. The smallest absolute Gasteiger partial charge is 0.387 e. The van der Waals surface area contributed by atoms with Gasteiger partial charge in [-0.1, -0.05) is 32.0 Å². The molecule has 1 N–H and O–H groups in total. The molecule has 1 aromatic heterocycles. The highest BCUT2D eigenvalue weighted by Crippen LogP contribution is 2.43. The van der Waals surface area contributed by atoms with Gasteiger partial charge in [-0.2, -0.15) is 19.3 Å². The van der Waals surface area contributed by atoms with Crippen LogP contribution in [0.5, 0.6) is 5.75 Å². The summed E-state index contributed by atoms with van der Waals surface area (Å²) in [5.74, 6) is -0.106. The zero-order chi connectivity index (χ0) is 25.8. The number of ether oxygens (including phenoxy) is 1. The summed E-state index contributed by atoms with van der Waals surface area (Å²) in [6.07, 6.45) is 0.178. The van der Waals surface area contributed by atoms with Crippen molar-refractivity contribution in [2.45, 2.75) is 46.0 Å². The third-order valence-electron chi connectivity index (χ3n) is 5.84. The van der Waals surface area contributed by atoms with E-state index >= 15 is 0 Å². The molecular formula is C26H23F2N5O2S. The van der Waals surface area contributed by atoms with Crippen LogP contribution in [0.1, 0.15) is 52.7 Å². The number of amides is 1. The Labute approximate surface area is 211 Å². The first-order valence-corrected chi connectivity index (χ1v) is 12.1. The highest BCUT2D eigenvalue weighted by molar-refractivity contribution is 7.15. The molecule has 0 aliphatic carbocycles. The lowest BCUT2D eigenvalue weighted by Gasteiger charge is -2.27. The van der Waals surface area contributed by atoms with Gasteiger partial charge in [0.1, 0.15) is 11.8 Å². The van der Waals surface area contributed by atoms with Gasteiger partial charge in [-0.25, -0.2) is 4.98 Å². The van der Waals surface area contributed by atoms with Crippen molar-refractivity contribution in [1.29, 1.82) is 10.5 Å². The van der Waals surface area contributed by atoms with Gasteiger partial charge < -0.3 is 10.1 Å². The Balaban J connectivity index is 1.46. The molecule has 3 aromatic rings. The van der Waals surface area contributed by atoms with Crippen LogP contribution in [0, 0.1) is 28.6 Å². The quantitative estimate of drug-likeness (QED) is 0.439. The molecule has 0 unspecified atom stereocenters. The fourth-order valence-corrected chi connectivity index (χ4v) is 5.38. The Hall–Kier alpha value is -3.86. The van der Waals surface area contributed by atoms with Gasteiger partial charge >= 0.3 is 6.61 Å². The standard InChI is InChI=1S/C26H23F2N5O2S/c1-15(2)24-23-21(14-33(24)13-18-7-8-19(12-30)20(9-18)35-25(27)28)36-26(32-23)31-22(34)10-16-3-5-17(11-29)6-4-16/h3-9,15,24-25H,10,13-14H2,1-2H3,(H,31,32,34)/t24-/m0/s1. The number of anilines is 1. The van der Waals surface area contributed by atoms with Crippen LogP contribution in [0.2, 0.25) is 0 Å². The first kappa shape index (κ1) is 25.2. The van der Waals surface area contributed by atoms with Gasteiger partial charge in [0, 0.05) is 18.0 Å². The zero-order valence-electron chi connectivity index (χ0n) is 19.7. The van der Waals surface area contributed by atoms with Gasteiger partial charge in [0.05, 0.1) is 35.4 Å². The fourth-order valence-electron chi connectivity index (χ4n) is 4.34. The number of nitriles is 2. The molecule has 1 atom stereocenters. The largest absolute Gasteiger partial charge is 0.433 e. The van der Waals surface area contributed by atoms with Crippen molar-refractivity contribution in [2.75, 3.05) is 5.32 Å². The van der Waals surface area contributed by atoms with Crippen molar-refractivity contribution < 1.29 is 18.3 Å². The molecule has 1 amide bonds. The predicted octanol–water partition coefficient (Wildman–Crippen LogP) is 5.38. The number of aromatic nitrogens is 1. The first-order valence-electron chi connectivity index (χ1n) is 11.3. The lowest BCUT2D eigenvalue weighted by molar-refractivity contribution is -0.115. The number of hydrogen-bond acceptors (Lipinski definition) is 7. The Morgan fingerprint density at radius 2 is 1.92 bits per heavy atom. The molecule has 4 rings (SSSR count). The van der Waals surface area contributed by atoms with E-state index in [0.717, 1.165) is 21.7 Å². The van der Waals surface area contributed by atoms with Crippen LogP contribution >= 0.6 is 11.3 Å². The molecule has 7 nitrogen and oxygen atoms in total. The summed E-state index contributed by atoms with van der Waals surface area (Å²) in [7, 11) is 0. The number of benzene rings is 2. The summed E-state index contributed by atoms with van der Waals surface area (Å²) in [5.41, 5.74) is 3.06. The minimum absolute atomic E-state index is 0.0180. The highest BCUT2D eigenvalue weighted by Gasteiger charge is 2.36. The summed E-state index contributed by atoms with van der Waals surface area (Å²) in [6.45, 7) is 2.23. The van der Waals surface area contributed by atoms with Crippen LogP contribution in [-0.4, -0.2) is 22.4 Å². The van der Waals surface area contributed by atoms with Gasteiger partial charge in [0.15, 0.2) is 5.13 Å². The molecule has 184 valence electrons. The number of fused-ring (bicyclic) bond motifs is 1. The van der Waals surface area contributed by atoms with Gasteiger partial charge in [-0.15, -0.1) is 11.3 Å². The second-order valence-corrected chi connectivity index (χ2v) is 9.86. The molecule has 0 bridgehead atoms. The van der Waals surface area contributed by atoms with Crippen LogP contribution in [-0.2, 0) is 24.3 Å². The minimum Gasteiger partial charge on any atom is -0.433 e. The van der Waals surface area contributed by atoms with E-state index in [4.69, 9.17) is 10.2 Å². The van der Waals surface area contributed by atoms with Gasteiger partial charge in [0.2, 0.25) is 5.91 Å². The summed E-state index contributed by atoms with van der Waals surface area (Å²) < 4.78 is 30.1. The van der Waals surface area contributed by atoms with E-state index < -0.39 is 6.61 Å². The number of thiazole rings is 1. The maximum absolute atomic E-state index is 12.8. The normalized spacial score (nSPS) is 14.9. The van der Waals surface area contributed by atoms with E-state index in [9.17, 15) is 18.8 Å². The maximum Gasteiger partial charge on any atom is 0.387 e. The Morgan fingerprint density at radius 3 is 2.56 bits per heavy atom. The number of rotatable bonds is 8. The number of alkyl halides is 2. The van der Waals surface area contributed by atoms with Crippen molar-refractivity contribution in [3.05, 3.63) is 75.3 Å². The van der Waals surface area contributed by atoms with Crippen LogP contribution in [0.15, 0.2) is 42.5 Å². The number of nitrogens with one attached hydrogen (secondary N) is 1. The molecule has 0 fully saturated rings. The van der Waals surface area contributed by atoms with E-state index in [1.807, 2.05) is 6.07 Å². The molecule has 0 saturated heterocycles. The van der Waals surface area contributed by atoms with Gasteiger partial charge in [-0.05, 0) is 41.3 Å². The summed E-state index contributed by atoms with van der Waals surface area (Å²) in [6, 6.07) is 15.5. The second kappa shape index (κ2) is 10.8. The lowest BCUT2D eigenvalue weighted by Crippen LogP contribution is -2.26. The number of nitrogens with zero attached hydrogens (tertiary/aromatic N) is 4. The van der Waals surface area contributed by atoms with E-state index in [-0.39, 0.29) is 35.6 Å². The monoisotopic (exact) mass is 507 g/mol. The van der Waals surface area contributed by atoms with Crippen molar-refractivity contribution >= 4 is 22.4 Å². The van der Waals surface area contributed by atoms with E-state index in [1.54, 1.807) is 30.3 Å². The molecule has 36 heavy (non-hydrogen) atoms. The van der Waals surface area contributed by atoms with Gasteiger partial charge in [0.25, 0.3) is 0 Å². The van der Waals surface area contributed by atoms with Crippen molar-refractivity contribution in [3.8, 4) is 17.9 Å². The third kappa shape index (κ3) is 5.68. The minimum atomic E-state index is -3.01. The third-order valence-corrected chi connectivity index (χ3v) is 6.81. The number of carbonyl (C=O) groups is 1. The Bertz CT molecular complexity index is 1340. The maximum atomic E-state index is 12.8. The average molecular weight is 508 g/mol. The summed E-state index contributed by atoms with van der Waals surface area (Å²) >= 11 is 1.43. The molecule has 1 aliphatic rings. The molecule has 10 heteroatoms. The van der Waals surface area contributed by atoms with E-state index in [2.05, 4.69) is 34.9 Å². The number of carbonyl (C=O) groups excluding carboxylic acids is 1. The molecule has 0 saturated carbocycles. The Morgan fingerprint density at radius 1 is 1.19 bits per heavy atom. The number of halogens is 2. The number of hydrogen-bond donors (Lipinski definition) is 1. The average Bonchev–Trinajstić information content (AvgIpc) is 3.35. The van der Waals surface area contributed by atoms with Gasteiger partial charge in [-0.3, -0.25) is 9.69 Å². The second-order valence-electron chi connectivity index (χ2n) is 8.78. The molecule has 2 heterocycles. The Kier molecular flexibility index (Phi) is 7.58. The van der Waals surface area contributed by atoms with Crippen LogP contribution < -0.4 is 10.1 Å². The SMILES string of the molecule is CC(C)[C@H]1c2nc(NC(=O)Cc3ccc(C#N)cc3)sc2CN1Cc1ccc(C#N)c(OC(F)F)c1. The molecule has 2 aromatic carbocycles. The lowest BCUT2D eigenvalue weighted by atomic mass is 10.0. The first-order chi connectivity index (χ1) is 17.3. The van der Waals surface area contributed by atoms with Crippen LogP contribution in [0.25, 0.3) is 0 Å². The predicted molar refractivity (Wildman–Crippen MR) is 130 cm³/mol. The fraction of sp³-hybridized carbons (Fsp3) is 0.308. The zero-order valence-corrected chi connectivity index (χ0v) is 20.5. The molecular weight excluding hydrogens is 484 g/mol. The molecule has 1 aliphatic heterocycles. The van der Waals surface area contributed by atoms with Crippen LogP contribution in [0.4, 0.5) is 13.9 Å². The van der Waals surface area contributed by atoms with Crippen molar-refractivity contribution in [1.82, 2.24) is 9.88 Å². The summed E-state index contributed by atoms with van der Waals surface area (Å²) in [5, 5.41) is 21.5. The molecule has 0 radical (unpaired) electrons. The van der Waals surface area contributed by atoms with E-state index in [0.29, 0.717) is 23.8 Å². The van der Waals surface area contributed by atoms with E-state index in [1.165, 1.54) is 23.5 Å². The molecule has 0 spiro atoms. The van der Waals surface area contributed by atoms with Crippen molar-refractivity contribution in [2.24, 2.45) is 5.92 Å². The highest BCUT2D eigenvalue weighted by atomic mass is 32.1. The van der Waals surface area contributed by atoms with Crippen molar-refractivity contribution in [3.63, 3.8) is 0 Å². The topological polar surface area (TPSA) is 102 Å².